The summed E-state index contributed by atoms with van der Waals surface area (Å²) in [6, 6.07) is -0.0308. The average Bonchev–Trinajstić information content (AvgIpc) is 2.08. The van der Waals surface area contributed by atoms with Crippen LogP contribution in [0.3, 0.4) is 0 Å². The Hall–Kier alpha value is -0.390. The highest BCUT2D eigenvalue weighted by Crippen LogP contribution is 2.10. The first-order valence-electron chi connectivity index (χ1n) is 4.34. The Labute approximate surface area is 79.3 Å². The number of hydrogen-bond donors (Lipinski definition) is 1. The van der Waals surface area contributed by atoms with Crippen molar-refractivity contribution in [2.24, 2.45) is 5.73 Å². The van der Waals surface area contributed by atoms with Crippen molar-refractivity contribution in [2.45, 2.75) is 6.04 Å². The third-order valence-corrected chi connectivity index (χ3v) is 3.99. The molecule has 0 spiro atoms. The van der Waals surface area contributed by atoms with Gasteiger partial charge in [-0.1, -0.05) is 6.08 Å². The fourth-order valence-electron chi connectivity index (χ4n) is 1.54. The molecule has 1 aliphatic rings. The predicted molar refractivity (Wildman–Crippen MR) is 53.3 cm³/mol. The minimum absolute atomic E-state index is 0.0308. The van der Waals surface area contributed by atoms with Crippen molar-refractivity contribution in [3.05, 3.63) is 12.7 Å². The summed E-state index contributed by atoms with van der Waals surface area (Å²) in [4.78, 5) is 2.06. The van der Waals surface area contributed by atoms with Gasteiger partial charge >= 0.3 is 0 Å². The molecule has 1 rings (SSSR count). The van der Waals surface area contributed by atoms with Gasteiger partial charge in [-0.05, 0) is 0 Å². The first-order chi connectivity index (χ1) is 6.09. The van der Waals surface area contributed by atoms with Gasteiger partial charge in [0.1, 0.15) is 0 Å². The number of hydrogen-bond acceptors (Lipinski definition) is 4. The molecule has 0 aliphatic carbocycles. The second-order valence-corrected chi connectivity index (χ2v) is 5.52. The highest BCUT2D eigenvalue weighted by Gasteiger charge is 2.29. The summed E-state index contributed by atoms with van der Waals surface area (Å²) < 4.78 is 22.5. The molecular weight excluding hydrogens is 188 g/mol. The van der Waals surface area contributed by atoms with E-state index in [-0.39, 0.29) is 17.5 Å². The molecule has 13 heavy (non-hydrogen) atoms. The molecule has 0 radical (unpaired) electrons. The van der Waals surface area contributed by atoms with Crippen LogP contribution in [0.2, 0.25) is 0 Å². The van der Waals surface area contributed by atoms with Crippen LogP contribution >= 0.6 is 0 Å². The van der Waals surface area contributed by atoms with E-state index >= 15 is 0 Å². The number of nitrogens with zero attached hydrogens (tertiary/aromatic N) is 1. The second-order valence-electron chi connectivity index (χ2n) is 3.29. The van der Waals surface area contributed by atoms with Gasteiger partial charge < -0.3 is 5.73 Å². The van der Waals surface area contributed by atoms with Gasteiger partial charge in [0, 0.05) is 25.7 Å². The van der Waals surface area contributed by atoms with E-state index < -0.39 is 9.84 Å². The Bertz CT molecular complexity index is 274. The van der Waals surface area contributed by atoms with Gasteiger partial charge in [0.15, 0.2) is 9.84 Å². The second kappa shape index (κ2) is 4.21. The Morgan fingerprint density at radius 3 is 2.85 bits per heavy atom. The lowest BCUT2D eigenvalue weighted by Crippen LogP contribution is -2.51. The molecule has 0 saturated carbocycles. The summed E-state index contributed by atoms with van der Waals surface area (Å²) in [6.07, 6.45) is 1.78. The van der Waals surface area contributed by atoms with Crippen LogP contribution in [0.4, 0.5) is 0 Å². The van der Waals surface area contributed by atoms with Crippen LogP contribution in [0, 0.1) is 0 Å². The maximum Gasteiger partial charge on any atom is 0.153 e. The smallest absolute Gasteiger partial charge is 0.153 e. The summed E-state index contributed by atoms with van der Waals surface area (Å²) in [5.74, 6) is 0.439. The Morgan fingerprint density at radius 2 is 2.31 bits per heavy atom. The van der Waals surface area contributed by atoms with Gasteiger partial charge in [-0.3, -0.25) is 4.90 Å². The van der Waals surface area contributed by atoms with Crippen LogP contribution in [0.15, 0.2) is 12.7 Å². The van der Waals surface area contributed by atoms with Crippen molar-refractivity contribution >= 4 is 9.84 Å². The van der Waals surface area contributed by atoms with E-state index in [1.165, 1.54) is 0 Å². The van der Waals surface area contributed by atoms with Crippen LogP contribution < -0.4 is 5.73 Å². The zero-order valence-electron chi connectivity index (χ0n) is 7.65. The number of sulfone groups is 1. The predicted octanol–water partition coefficient (Wildman–Crippen LogP) is -0.770. The quantitative estimate of drug-likeness (QED) is 0.613. The molecule has 0 aromatic rings. The standard InChI is InChI=1S/C8H16N2O2S/c1-2-3-10-4-5-13(11,12)7-8(10)6-9/h2,8H,1,3-7,9H2. The van der Waals surface area contributed by atoms with Gasteiger partial charge in [0.05, 0.1) is 11.5 Å². The van der Waals surface area contributed by atoms with Crippen molar-refractivity contribution in [1.29, 1.82) is 0 Å². The Balaban J connectivity index is 2.65. The highest BCUT2D eigenvalue weighted by atomic mass is 32.2. The first-order valence-corrected chi connectivity index (χ1v) is 6.16. The molecule has 0 aromatic carbocycles. The van der Waals surface area contributed by atoms with Crippen LogP contribution in [0.1, 0.15) is 0 Å². The van der Waals surface area contributed by atoms with E-state index in [0.29, 0.717) is 13.1 Å². The molecular formula is C8H16N2O2S. The maximum absolute atomic E-state index is 11.3. The summed E-state index contributed by atoms with van der Waals surface area (Å²) >= 11 is 0. The summed E-state index contributed by atoms with van der Waals surface area (Å²) in [5.41, 5.74) is 5.50. The Kier molecular flexibility index (Phi) is 3.47. The van der Waals surface area contributed by atoms with Gasteiger partial charge in [0.2, 0.25) is 0 Å². The van der Waals surface area contributed by atoms with Crippen molar-refractivity contribution in [1.82, 2.24) is 4.90 Å². The molecule has 4 nitrogen and oxygen atoms in total. The van der Waals surface area contributed by atoms with E-state index in [0.717, 1.165) is 6.54 Å². The fraction of sp³-hybridized carbons (Fsp3) is 0.750. The van der Waals surface area contributed by atoms with E-state index in [1.807, 2.05) is 0 Å². The van der Waals surface area contributed by atoms with E-state index in [1.54, 1.807) is 6.08 Å². The lowest BCUT2D eigenvalue weighted by Gasteiger charge is -2.33. The van der Waals surface area contributed by atoms with E-state index in [2.05, 4.69) is 11.5 Å². The van der Waals surface area contributed by atoms with Crippen LogP contribution in [0.5, 0.6) is 0 Å². The molecule has 76 valence electrons. The van der Waals surface area contributed by atoms with E-state index in [4.69, 9.17) is 5.73 Å². The normalized spacial score (nSPS) is 28.5. The molecule has 0 amide bonds. The molecule has 5 heteroatoms. The number of rotatable bonds is 3. The Morgan fingerprint density at radius 1 is 1.62 bits per heavy atom. The zero-order chi connectivity index (χ0) is 9.90. The molecule has 1 heterocycles. The number of nitrogens with two attached hydrogens (primary N) is 1. The lowest BCUT2D eigenvalue weighted by molar-refractivity contribution is 0.241. The van der Waals surface area contributed by atoms with Crippen molar-refractivity contribution in [2.75, 3.05) is 31.1 Å². The van der Waals surface area contributed by atoms with Crippen molar-refractivity contribution in [3.8, 4) is 0 Å². The average molecular weight is 204 g/mol. The van der Waals surface area contributed by atoms with Crippen LogP contribution in [-0.4, -0.2) is 50.5 Å². The van der Waals surface area contributed by atoms with Crippen molar-refractivity contribution in [3.63, 3.8) is 0 Å². The minimum atomic E-state index is -2.85. The topological polar surface area (TPSA) is 63.4 Å². The van der Waals surface area contributed by atoms with Crippen LogP contribution in [0.25, 0.3) is 0 Å². The highest BCUT2D eigenvalue weighted by molar-refractivity contribution is 7.91. The molecule has 1 fully saturated rings. The maximum atomic E-state index is 11.3. The third kappa shape index (κ3) is 2.79. The SMILES string of the molecule is C=CCN1CCS(=O)(=O)CC1CN. The monoisotopic (exact) mass is 204 g/mol. The third-order valence-electron chi connectivity index (χ3n) is 2.29. The van der Waals surface area contributed by atoms with Gasteiger partial charge in [-0.15, -0.1) is 6.58 Å². The molecule has 0 bridgehead atoms. The zero-order valence-corrected chi connectivity index (χ0v) is 8.46. The summed E-state index contributed by atoms with van der Waals surface area (Å²) in [6.45, 7) is 5.32. The molecule has 1 aliphatic heterocycles. The first kappa shape index (κ1) is 10.7. The fourth-order valence-corrected chi connectivity index (χ4v) is 3.16. The largest absolute Gasteiger partial charge is 0.329 e. The van der Waals surface area contributed by atoms with Gasteiger partial charge in [0.25, 0.3) is 0 Å². The van der Waals surface area contributed by atoms with Gasteiger partial charge in [-0.2, -0.15) is 0 Å². The lowest BCUT2D eigenvalue weighted by atomic mass is 10.2. The van der Waals surface area contributed by atoms with E-state index in [9.17, 15) is 8.42 Å². The van der Waals surface area contributed by atoms with Crippen molar-refractivity contribution < 1.29 is 8.42 Å². The molecule has 1 unspecified atom stereocenters. The molecule has 0 aromatic heterocycles. The van der Waals surface area contributed by atoms with Crippen LogP contribution in [-0.2, 0) is 9.84 Å². The minimum Gasteiger partial charge on any atom is -0.329 e. The molecule has 1 atom stereocenters. The molecule has 2 N–H and O–H groups in total. The summed E-state index contributed by atoms with van der Waals surface area (Å²) in [7, 11) is -2.85. The van der Waals surface area contributed by atoms with Gasteiger partial charge in [-0.25, -0.2) is 8.42 Å². The molecule has 1 saturated heterocycles. The summed E-state index contributed by atoms with van der Waals surface area (Å²) in [5, 5.41) is 0.